The molecule has 0 atom stereocenters. The number of nitrogens with zero attached hydrogens (tertiary/aromatic N) is 1. The number of rotatable bonds is 4. The third kappa shape index (κ3) is 3.51. The van der Waals surface area contributed by atoms with Crippen LogP contribution in [-0.2, 0) is 0 Å². The molecular formula is C12H17FN2O2. The minimum atomic E-state index is -0.621. The topological polar surface area (TPSA) is 64.8 Å². The van der Waals surface area contributed by atoms with E-state index in [1.165, 1.54) is 6.07 Å². The van der Waals surface area contributed by atoms with Crippen molar-refractivity contribution in [1.29, 1.82) is 0 Å². The predicted octanol–water partition coefficient (Wildman–Crippen LogP) is 2.46. The van der Waals surface area contributed by atoms with Crippen molar-refractivity contribution in [2.45, 2.75) is 32.7 Å². The van der Waals surface area contributed by atoms with Gasteiger partial charge in [0.2, 0.25) is 0 Å². The third-order valence-corrected chi connectivity index (χ3v) is 2.52. The molecule has 0 radical (unpaired) electrons. The molecule has 0 amide bonds. The molecule has 4 nitrogen and oxygen atoms in total. The second-order valence-electron chi connectivity index (χ2n) is 4.68. The molecular weight excluding hydrogens is 223 g/mol. The summed E-state index contributed by atoms with van der Waals surface area (Å²) in [7, 11) is 0. The summed E-state index contributed by atoms with van der Waals surface area (Å²) in [6.07, 6.45) is 0.311. The minimum absolute atomic E-state index is 0.300. The monoisotopic (exact) mass is 240 g/mol. The van der Waals surface area contributed by atoms with Crippen LogP contribution in [0.3, 0.4) is 0 Å². The Hall–Kier alpha value is -1.46. The van der Waals surface area contributed by atoms with Crippen LogP contribution in [0.4, 0.5) is 4.39 Å². The summed E-state index contributed by atoms with van der Waals surface area (Å²) in [6, 6.07) is 4.48. The smallest absolute Gasteiger partial charge is 0.126 e. The summed E-state index contributed by atoms with van der Waals surface area (Å²) in [4.78, 5) is 0. The number of oxime groups is 1. The molecule has 5 heteroatoms. The van der Waals surface area contributed by atoms with Crippen LogP contribution in [0.25, 0.3) is 0 Å². The van der Waals surface area contributed by atoms with Crippen LogP contribution in [0.2, 0.25) is 0 Å². The van der Waals surface area contributed by atoms with E-state index in [1.807, 2.05) is 0 Å². The van der Waals surface area contributed by atoms with Crippen molar-refractivity contribution in [3.05, 3.63) is 35.1 Å². The molecule has 0 bridgehead atoms. The predicted molar refractivity (Wildman–Crippen MR) is 63.1 cm³/mol. The first-order chi connectivity index (χ1) is 7.89. The molecule has 0 aromatic heterocycles. The molecule has 0 saturated carbocycles. The molecule has 3 N–H and O–H groups in total. The summed E-state index contributed by atoms with van der Waals surface area (Å²) in [5, 5.41) is 21.1. The van der Waals surface area contributed by atoms with Gasteiger partial charge in [-0.3, -0.25) is 0 Å². The highest BCUT2D eigenvalue weighted by Gasteiger charge is 2.21. The second-order valence-corrected chi connectivity index (χ2v) is 4.68. The summed E-state index contributed by atoms with van der Waals surface area (Å²) in [6.45, 7) is 5.16. The molecule has 0 fully saturated rings. The number of hydrogen-bond acceptors (Lipinski definition) is 4. The molecule has 0 aliphatic carbocycles. The van der Waals surface area contributed by atoms with Gasteiger partial charge < -0.3 is 10.4 Å². The van der Waals surface area contributed by atoms with Gasteiger partial charge in [-0.25, -0.2) is 4.39 Å². The van der Waals surface area contributed by atoms with Crippen LogP contribution in [0.5, 0.6) is 0 Å². The largest absolute Gasteiger partial charge is 0.411 e. The number of benzene rings is 1. The average Bonchev–Trinajstić information content (AvgIpc) is 2.30. The fourth-order valence-corrected chi connectivity index (χ4v) is 1.48. The van der Waals surface area contributed by atoms with Crippen molar-refractivity contribution in [2.75, 3.05) is 0 Å². The van der Waals surface area contributed by atoms with Crippen LogP contribution in [0.15, 0.2) is 23.4 Å². The van der Waals surface area contributed by atoms with Crippen molar-refractivity contribution in [3.63, 3.8) is 0 Å². The lowest BCUT2D eigenvalue weighted by Crippen LogP contribution is -2.39. The maximum absolute atomic E-state index is 13.1. The van der Waals surface area contributed by atoms with Gasteiger partial charge in [-0.1, -0.05) is 11.2 Å². The van der Waals surface area contributed by atoms with Crippen LogP contribution in [0, 0.1) is 12.7 Å². The van der Waals surface area contributed by atoms with Crippen molar-refractivity contribution in [2.24, 2.45) is 5.16 Å². The van der Waals surface area contributed by atoms with E-state index in [0.29, 0.717) is 23.3 Å². The Kier molecular flexibility index (Phi) is 4.20. The maximum atomic E-state index is 13.1. The standard InChI is InChI=1S/C12H17FN2O2/c1-8-6-9(4-5-10(8)13)11(14-16)7-12(2,3)15-17/h4-6,15-17H,7H2,1-3H3. The second kappa shape index (κ2) is 5.25. The SMILES string of the molecule is Cc1cc(C(CC(C)(C)NO)=NO)ccc1F. The molecule has 1 aromatic rings. The summed E-state index contributed by atoms with van der Waals surface area (Å²) in [5.74, 6) is -0.300. The van der Waals surface area contributed by atoms with Gasteiger partial charge in [0.05, 0.1) is 5.71 Å². The van der Waals surface area contributed by atoms with E-state index < -0.39 is 5.54 Å². The van der Waals surface area contributed by atoms with Gasteiger partial charge in [0.1, 0.15) is 5.82 Å². The van der Waals surface area contributed by atoms with Gasteiger partial charge in [0, 0.05) is 12.0 Å². The summed E-state index contributed by atoms with van der Waals surface area (Å²) in [5.41, 5.74) is 3.02. The average molecular weight is 240 g/mol. The molecule has 0 aliphatic heterocycles. The molecule has 0 aliphatic rings. The lowest BCUT2D eigenvalue weighted by atomic mass is 9.94. The fraction of sp³-hybridized carbons (Fsp3) is 0.417. The molecule has 0 saturated heterocycles. The normalized spacial score (nSPS) is 12.9. The van der Waals surface area contributed by atoms with Crippen LogP contribution in [-0.4, -0.2) is 21.7 Å². The third-order valence-electron chi connectivity index (χ3n) is 2.52. The Morgan fingerprint density at radius 3 is 2.59 bits per heavy atom. The van der Waals surface area contributed by atoms with E-state index in [9.17, 15) is 4.39 Å². The van der Waals surface area contributed by atoms with Crippen molar-refractivity contribution in [1.82, 2.24) is 5.48 Å². The Morgan fingerprint density at radius 1 is 1.47 bits per heavy atom. The van der Waals surface area contributed by atoms with E-state index in [0.717, 1.165) is 0 Å². The number of nitrogens with one attached hydrogen (secondary N) is 1. The van der Waals surface area contributed by atoms with E-state index in [4.69, 9.17) is 10.4 Å². The van der Waals surface area contributed by atoms with Gasteiger partial charge >= 0.3 is 0 Å². The molecule has 0 spiro atoms. The maximum Gasteiger partial charge on any atom is 0.126 e. The molecule has 1 rings (SSSR count). The molecule has 0 heterocycles. The minimum Gasteiger partial charge on any atom is -0.411 e. The number of hydrogen-bond donors (Lipinski definition) is 3. The Balaban J connectivity index is 2.99. The molecule has 17 heavy (non-hydrogen) atoms. The van der Waals surface area contributed by atoms with Gasteiger partial charge in [0.25, 0.3) is 0 Å². The van der Waals surface area contributed by atoms with E-state index in [1.54, 1.807) is 32.9 Å². The highest BCUT2D eigenvalue weighted by molar-refractivity contribution is 6.00. The molecule has 0 unspecified atom stereocenters. The first-order valence-electron chi connectivity index (χ1n) is 5.28. The number of aryl methyl sites for hydroxylation is 1. The lowest BCUT2D eigenvalue weighted by molar-refractivity contribution is 0.0851. The first kappa shape index (κ1) is 13.6. The summed E-state index contributed by atoms with van der Waals surface area (Å²) < 4.78 is 13.1. The Morgan fingerprint density at radius 2 is 2.12 bits per heavy atom. The van der Waals surface area contributed by atoms with Crippen molar-refractivity contribution in [3.8, 4) is 0 Å². The van der Waals surface area contributed by atoms with Gasteiger partial charge in [-0.15, -0.1) is 0 Å². The van der Waals surface area contributed by atoms with E-state index >= 15 is 0 Å². The zero-order valence-electron chi connectivity index (χ0n) is 10.2. The quantitative estimate of drug-likeness (QED) is 0.430. The van der Waals surface area contributed by atoms with Gasteiger partial charge in [0.15, 0.2) is 0 Å². The van der Waals surface area contributed by atoms with E-state index in [2.05, 4.69) is 10.6 Å². The van der Waals surface area contributed by atoms with Crippen molar-refractivity contribution >= 4 is 5.71 Å². The Labute approximate surface area is 99.7 Å². The number of halogens is 1. The highest BCUT2D eigenvalue weighted by atomic mass is 19.1. The van der Waals surface area contributed by atoms with Gasteiger partial charge in [-0.05, 0) is 44.0 Å². The zero-order valence-corrected chi connectivity index (χ0v) is 10.2. The van der Waals surface area contributed by atoms with E-state index in [-0.39, 0.29) is 5.82 Å². The first-order valence-corrected chi connectivity index (χ1v) is 5.28. The summed E-state index contributed by atoms with van der Waals surface area (Å²) >= 11 is 0. The van der Waals surface area contributed by atoms with Crippen LogP contribution in [0.1, 0.15) is 31.4 Å². The lowest BCUT2D eigenvalue weighted by Gasteiger charge is -2.22. The van der Waals surface area contributed by atoms with Crippen LogP contribution >= 0.6 is 0 Å². The van der Waals surface area contributed by atoms with Crippen molar-refractivity contribution < 1.29 is 14.8 Å². The zero-order chi connectivity index (χ0) is 13.1. The Bertz CT molecular complexity index is 431. The fourth-order valence-electron chi connectivity index (χ4n) is 1.48. The van der Waals surface area contributed by atoms with Crippen LogP contribution < -0.4 is 5.48 Å². The number of hydroxylamine groups is 1. The highest BCUT2D eigenvalue weighted by Crippen LogP contribution is 2.16. The van der Waals surface area contributed by atoms with Gasteiger partial charge in [-0.2, -0.15) is 5.48 Å². The molecule has 94 valence electrons. The molecule has 1 aromatic carbocycles.